The smallest absolute Gasteiger partial charge is 0.422 e. The summed E-state index contributed by atoms with van der Waals surface area (Å²) in [5, 5.41) is 2.48. The van der Waals surface area contributed by atoms with Crippen LogP contribution < -0.4 is 10.1 Å². The standard InChI is InChI=1S/C19H21F3N2O4/c20-19(21,22)11-28-15-8-4-3-7-14(15)23-16(25)9-10-24-17(26)12-5-1-2-6-13(12)18(24)27/h3-4,7-8,12-13H,1-2,5-6,9-11H2,(H,23,25). The molecular weight excluding hydrogens is 377 g/mol. The molecule has 9 heteroatoms. The summed E-state index contributed by atoms with van der Waals surface area (Å²) >= 11 is 0. The van der Waals surface area contributed by atoms with Gasteiger partial charge in [0.05, 0.1) is 17.5 Å². The number of ether oxygens (including phenoxy) is 1. The Morgan fingerprint density at radius 2 is 1.71 bits per heavy atom. The van der Waals surface area contributed by atoms with E-state index < -0.39 is 18.7 Å². The first kappa shape index (κ1) is 20.2. The molecular formula is C19H21F3N2O4. The third kappa shape index (κ3) is 4.63. The van der Waals surface area contributed by atoms with Crippen LogP contribution in [0, 0.1) is 11.8 Å². The van der Waals surface area contributed by atoms with E-state index in [-0.39, 0.29) is 48.1 Å². The van der Waals surface area contributed by atoms with Gasteiger partial charge < -0.3 is 10.1 Å². The van der Waals surface area contributed by atoms with Crippen molar-refractivity contribution in [3.8, 4) is 5.75 Å². The topological polar surface area (TPSA) is 75.7 Å². The van der Waals surface area contributed by atoms with Gasteiger partial charge in [-0.3, -0.25) is 19.3 Å². The number of fused-ring (bicyclic) bond motifs is 1. The molecule has 2 unspecified atom stereocenters. The second-order valence-corrected chi connectivity index (χ2v) is 7.02. The maximum Gasteiger partial charge on any atom is 0.422 e. The maximum absolute atomic E-state index is 12.4. The zero-order valence-corrected chi connectivity index (χ0v) is 15.1. The molecule has 1 N–H and O–H groups in total. The van der Waals surface area contributed by atoms with Crippen molar-refractivity contribution in [2.24, 2.45) is 11.8 Å². The van der Waals surface area contributed by atoms with Gasteiger partial charge in [-0.15, -0.1) is 0 Å². The second-order valence-electron chi connectivity index (χ2n) is 7.02. The third-order valence-corrected chi connectivity index (χ3v) is 5.05. The third-order valence-electron chi connectivity index (χ3n) is 5.05. The van der Waals surface area contributed by atoms with Crippen molar-refractivity contribution in [1.82, 2.24) is 4.90 Å². The SMILES string of the molecule is O=C(CCN1C(=O)C2CCCCC2C1=O)Nc1ccccc1OCC(F)(F)F. The number of anilines is 1. The van der Waals surface area contributed by atoms with Gasteiger partial charge in [-0.05, 0) is 25.0 Å². The van der Waals surface area contributed by atoms with Crippen molar-refractivity contribution in [1.29, 1.82) is 0 Å². The Balaban J connectivity index is 1.56. The van der Waals surface area contributed by atoms with Gasteiger partial charge in [0.2, 0.25) is 17.7 Å². The molecule has 152 valence electrons. The van der Waals surface area contributed by atoms with E-state index in [1.54, 1.807) is 6.07 Å². The summed E-state index contributed by atoms with van der Waals surface area (Å²) in [5.41, 5.74) is 0.101. The number of hydrogen-bond donors (Lipinski definition) is 1. The first-order chi connectivity index (χ1) is 13.3. The maximum atomic E-state index is 12.4. The molecule has 1 heterocycles. The molecule has 28 heavy (non-hydrogen) atoms. The summed E-state index contributed by atoms with van der Waals surface area (Å²) in [6.07, 6.45) is -1.40. The number of imide groups is 1. The molecule has 1 aromatic carbocycles. The molecule has 1 aromatic rings. The second kappa shape index (κ2) is 8.20. The van der Waals surface area contributed by atoms with Crippen LogP contribution in [0.2, 0.25) is 0 Å². The summed E-state index contributed by atoms with van der Waals surface area (Å²) < 4.78 is 41.8. The highest BCUT2D eigenvalue weighted by Gasteiger charge is 2.47. The number of carbonyl (C=O) groups is 3. The number of amides is 3. The van der Waals surface area contributed by atoms with Crippen LogP contribution in [0.25, 0.3) is 0 Å². The molecule has 1 aliphatic heterocycles. The van der Waals surface area contributed by atoms with Crippen LogP contribution in [-0.2, 0) is 14.4 Å². The van der Waals surface area contributed by atoms with E-state index in [2.05, 4.69) is 5.32 Å². The molecule has 1 saturated carbocycles. The van der Waals surface area contributed by atoms with Gasteiger partial charge in [-0.25, -0.2) is 0 Å². The molecule has 0 aromatic heterocycles. The Labute approximate surface area is 160 Å². The number of nitrogens with zero attached hydrogens (tertiary/aromatic N) is 1. The van der Waals surface area contributed by atoms with Crippen molar-refractivity contribution < 1.29 is 32.3 Å². The first-order valence-electron chi connectivity index (χ1n) is 9.20. The van der Waals surface area contributed by atoms with E-state index in [1.165, 1.54) is 18.2 Å². The summed E-state index contributed by atoms with van der Waals surface area (Å²) in [6, 6.07) is 5.78. The van der Waals surface area contributed by atoms with Crippen LogP contribution in [0.15, 0.2) is 24.3 Å². The molecule has 3 rings (SSSR count). The molecule has 3 amide bonds. The fraction of sp³-hybridized carbons (Fsp3) is 0.526. The molecule has 0 radical (unpaired) electrons. The highest BCUT2D eigenvalue weighted by Crippen LogP contribution is 2.38. The number of benzene rings is 1. The van der Waals surface area contributed by atoms with E-state index in [4.69, 9.17) is 4.74 Å². The zero-order chi connectivity index (χ0) is 20.3. The largest absolute Gasteiger partial charge is 0.482 e. The highest BCUT2D eigenvalue weighted by atomic mass is 19.4. The minimum atomic E-state index is -4.50. The van der Waals surface area contributed by atoms with Crippen LogP contribution in [0.4, 0.5) is 18.9 Å². The number of carbonyl (C=O) groups excluding carboxylic acids is 3. The van der Waals surface area contributed by atoms with Crippen LogP contribution in [0.5, 0.6) is 5.75 Å². The number of halogens is 3. The van der Waals surface area contributed by atoms with Crippen LogP contribution in [-0.4, -0.2) is 41.9 Å². The Morgan fingerprint density at radius 1 is 1.11 bits per heavy atom. The van der Waals surface area contributed by atoms with Gasteiger partial charge in [0.25, 0.3) is 0 Å². The van der Waals surface area contributed by atoms with Gasteiger partial charge in [0, 0.05) is 13.0 Å². The first-order valence-corrected chi connectivity index (χ1v) is 9.20. The molecule has 0 bridgehead atoms. The lowest BCUT2D eigenvalue weighted by atomic mass is 9.81. The molecule has 1 aliphatic carbocycles. The number of alkyl halides is 3. The number of para-hydroxylation sites is 2. The van der Waals surface area contributed by atoms with Crippen LogP contribution >= 0.6 is 0 Å². The highest BCUT2D eigenvalue weighted by molar-refractivity contribution is 6.05. The minimum absolute atomic E-state index is 0.0396. The van der Waals surface area contributed by atoms with Gasteiger partial charge >= 0.3 is 6.18 Å². The van der Waals surface area contributed by atoms with E-state index in [0.29, 0.717) is 12.8 Å². The summed E-state index contributed by atoms with van der Waals surface area (Å²) in [7, 11) is 0. The fourth-order valence-electron chi connectivity index (χ4n) is 3.73. The average molecular weight is 398 g/mol. The van der Waals surface area contributed by atoms with Crippen molar-refractivity contribution in [3.63, 3.8) is 0 Å². The molecule has 2 fully saturated rings. The van der Waals surface area contributed by atoms with Crippen molar-refractivity contribution in [3.05, 3.63) is 24.3 Å². The van der Waals surface area contributed by atoms with E-state index >= 15 is 0 Å². The zero-order valence-electron chi connectivity index (χ0n) is 15.1. The van der Waals surface area contributed by atoms with Gasteiger partial charge in [0.1, 0.15) is 5.75 Å². The number of rotatable bonds is 6. The van der Waals surface area contributed by atoms with Crippen LogP contribution in [0.1, 0.15) is 32.1 Å². The quantitative estimate of drug-likeness (QED) is 0.747. The summed E-state index contributed by atoms with van der Waals surface area (Å²) in [6.45, 7) is -1.51. The van der Waals surface area contributed by atoms with E-state index in [9.17, 15) is 27.6 Å². The molecule has 2 atom stereocenters. The Bertz CT molecular complexity index is 742. The normalized spacial score (nSPS) is 22.2. The molecule has 0 spiro atoms. The molecule has 1 saturated heterocycles. The lowest BCUT2D eigenvalue weighted by Gasteiger charge is -2.19. The number of likely N-dealkylation sites (tertiary alicyclic amines) is 1. The minimum Gasteiger partial charge on any atom is -0.482 e. The predicted molar refractivity (Wildman–Crippen MR) is 93.4 cm³/mol. The number of nitrogens with one attached hydrogen (secondary N) is 1. The number of hydrogen-bond acceptors (Lipinski definition) is 4. The van der Waals surface area contributed by atoms with Gasteiger partial charge in [0.15, 0.2) is 6.61 Å². The summed E-state index contributed by atoms with van der Waals surface area (Å²) in [4.78, 5) is 38.2. The van der Waals surface area contributed by atoms with E-state index in [1.807, 2.05) is 0 Å². The van der Waals surface area contributed by atoms with Crippen LogP contribution in [0.3, 0.4) is 0 Å². The Kier molecular flexibility index (Phi) is 5.90. The Morgan fingerprint density at radius 3 is 2.32 bits per heavy atom. The lowest BCUT2D eigenvalue weighted by molar-refractivity contribution is -0.153. The monoisotopic (exact) mass is 398 g/mol. The van der Waals surface area contributed by atoms with Crippen molar-refractivity contribution in [2.45, 2.75) is 38.3 Å². The molecule has 2 aliphatic rings. The summed E-state index contributed by atoms with van der Waals surface area (Å²) in [5.74, 6) is -1.62. The predicted octanol–water partition coefficient (Wildman–Crippen LogP) is 3.13. The Hall–Kier alpha value is -2.58. The van der Waals surface area contributed by atoms with E-state index in [0.717, 1.165) is 17.7 Å². The van der Waals surface area contributed by atoms with Crippen molar-refractivity contribution >= 4 is 23.4 Å². The van der Waals surface area contributed by atoms with Crippen molar-refractivity contribution in [2.75, 3.05) is 18.5 Å². The molecule has 6 nitrogen and oxygen atoms in total. The van der Waals surface area contributed by atoms with Gasteiger partial charge in [-0.2, -0.15) is 13.2 Å². The fourth-order valence-corrected chi connectivity index (χ4v) is 3.73. The average Bonchev–Trinajstić information content (AvgIpc) is 2.89. The lowest BCUT2D eigenvalue weighted by Crippen LogP contribution is -2.34. The van der Waals surface area contributed by atoms with Gasteiger partial charge in [-0.1, -0.05) is 25.0 Å².